The van der Waals surface area contributed by atoms with Gasteiger partial charge in [0.2, 0.25) is 0 Å². The molecule has 0 aromatic carbocycles. The van der Waals surface area contributed by atoms with Gasteiger partial charge in [-0.15, -0.1) is 24.0 Å². The van der Waals surface area contributed by atoms with Gasteiger partial charge in [0.05, 0.1) is 6.54 Å². The van der Waals surface area contributed by atoms with Crippen LogP contribution in [-0.4, -0.2) is 27.0 Å². The fourth-order valence-corrected chi connectivity index (χ4v) is 1.84. The van der Waals surface area contributed by atoms with E-state index in [4.69, 9.17) is 5.73 Å². The van der Waals surface area contributed by atoms with Crippen molar-refractivity contribution in [2.24, 2.45) is 10.7 Å². The highest BCUT2D eigenvalue weighted by atomic mass is 127. The second-order valence-electron chi connectivity index (χ2n) is 4.84. The Bertz CT molecular complexity index is 662. The van der Waals surface area contributed by atoms with Crippen molar-refractivity contribution in [2.45, 2.75) is 20.4 Å². The van der Waals surface area contributed by atoms with Gasteiger partial charge in [-0.1, -0.05) is 18.2 Å². The molecule has 0 unspecified atom stereocenters. The largest absolute Gasteiger partial charge is 0.370 e. The minimum Gasteiger partial charge on any atom is -0.370 e. The first-order chi connectivity index (χ1) is 10.1. The third-order valence-corrected chi connectivity index (χ3v) is 2.91. The lowest BCUT2D eigenvalue weighted by Gasteiger charge is -2.09. The summed E-state index contributed by atoms with van der Waals surface area (Å²) >= 11 is 0. The Kier molecular flexibility index (Phi) is 7.03. The van der Waals surface area contributed by atoms with E-state index in [1.54, 1.807) is 12.4 Å². The van der Waals surface area contributed by atoms with Crippen LogP contribution in [0.15, 0.2) is 47.9 Å². The van der Waals surface area contributed by atoms with Gasteiger partial charge in [0.25, 0.3) is 0 Å². The molecule has 2 aromatic rings. The van der Waals surface area contributed by atoms with E-state index >= 15 is 0 Å². The number of aromatic nitrogens is 3. The summed E-state index contributed by atoms with van der Waals surface area (Å²) in [7, 11) is 0. The van der Waals surface area contributed by atoms with E-state index in [2.05, 4.69) is 26.9 Å². The fraction of sp³-hybridized carbons (Fsp3) is 0.267. The molecule has 0 fully saturated rings. The van der Waals surface area contributed by atoms with Crippen LogP contribution in [0.5, 0.6) is 0 Å². The fourth-order valence-electron chi connectivity index (χ4n) is 1.84. The summed E-state index contributed by atoms with van der Waals surface area (Å²) in [5, 5.41) is 3.01. The van der Waals surface area contributed by atoms with Crippen molar-refractivity contribution in [3.05, 3.63) is 54.3 Å². The number of guanidine groups is 1. The predicted octanol–water partition coefficient (Wildman–Crippen LogP) is 2.17. The van der Waals surface area contributed by atoms with Gasteiger partial charge in [-0.25, -0.2) is 15.0 Å². The van der Waals surface area contributed by atoms with Gasteiger partial charge in [0.1, 0.15) is 11.6 Å². The monoisotopic (exact) mass is 412 g/mol. The summed E-state index contributed by atoms with van der Waals surface area (Å²) in [5.74, 6) is 2.10. The number of nitrogens with one attached hydrogen (secondary N) is 1. The number of halogens is 1. The van der Waals surface area contributed by atoms with Crippen molar-refractivity contribution < 1.29 is 0 Å². The van der Waals surface area contributed by atoms with Crippen molar-refractivity contribution in [1.82, 2.24) is 19.9 Å². The molecular formula is C15H21IN6. The zero-order chi connectivity index (χ0) is 15.2. The average Bonchev–Trinajstić information content (AvgIpc) is 2.89. The number of imidazole rings is 1. The molecule has 0 aliphatic rings. The molecule has 2 rings (SSSR count). The maximum absolute atomic E-state index is 5.83. The third-order valence-electron chi connectivity index (χ3n) is 2.91. The van der Waals surface area contributed by atoms with E-state index < -0.39 is 0 Å². The smallest absolute Gasteiger partial charge is 0.189 e. The Labute approximate surface area is 147 Å². The quantitative estimate of drug-likeness (QED) is 0.342. The summed E-state index contributed by atoms with van der Waals surface area (Å²) in [4.78, 5) is 13.0. The SMILES string of the molecule is C=C(C)CNC(N)=NCc1cccnc1-n1ccnc1C.I. The molecule has 7 heteroatoms. The molecule has 118 valence electrons. The highest BCUT2D eigenvalue weighted by Crippen LogP contribution is 2.14. The van der Waals surface area contributed by atoms with Gasteiger partial charge in [-0.3, -0.25) is 4.57 Å². The Morgan fingerprint density at radius 1 is 1.41 bits per heavy atom. The van der Waals surface area contributed by atoms with Crippen LogP contribution in [0.4, 0.5) is 0 Å². The Balaban J connectivity index is 0.00000242. The van der Waals surface area contributed by atoms with Gasteiger partial charge in [-0.05, 0) is 19.9 Å². The van der Waals surface area contributed by atoms with Crippen molar-refractivity contribution in [1.29, 1.82) is 0 Å². The molecule has 0 bridgehead atoms. The molecule has 2 aromatic heterocycles. The Morgan fingerprint density at radius 2 is 2.18 bits per heavy atom. The molecule has 2 heterocycles. The molecule has 0 aliphatic heterocycles. The standard InChI is InChI=1S/C15H20N6.HI/c1-11(2)9-19-15(16)20-10-13-5-4-6-18-14(13)21-8-7-17-12(21)3;/h4-8H,1,9-10H2,2-3H3,(H3,16,19,20);1H. The second-order valence-corrected chi connectivity index (χ2v) is 4.84. The van der Waals surface area contributed by atoms with Crippen LogP contribution < -0.4 is 11.1 Å². The molecule has 22 heavy (non-hydrogen) atoms. The zero-order valence-electron chi connectivity index (χ0n) is 12.8. The van der Waals surface area contributed by atoms with Crippen LogP contribution >= 0.6 is 24.0 Å². The Hall–Kier alpha value is -1.90. The van der Waals surface area contributed by atoms with Crippen LogP contribution in [-0.2, 0) is 6.54 Å². The lowest BCUT2D eigenvalue weighted by molar-refractivity contribution is 0.885. The summed E-state index contributed by atoms with van der Waals surface area (Å²) < 4.78 is 1.93. The average molecular weight is 412 g/mol. The molecule has 3 N–H and O–H groups in total. The summed E-state index contributed by atoms with van der Waals surface area (Å²) in [6.45, 7) is 8.75. The van der Waals surface area contributed by atoms with E-state index in [9.17, 15) is 0 Å². The van der Waals surface area contributed by atoms with E-state index in [-0.39, 0.29) is 24.0 Å². The van der Waals surface area contributed by atoms with Gasteiger partial charge in [-0.2, -0.15) is 0 Å². The minimum atomic E-state index is 0. The van der Waals surface area contributed by atoms with Crippen LogP contribution in [0.25, 0.3) is 5.82 Å². The highest BCUT2D eigenvalue weighted by molar-refractivity contribution is 14.0. The Morgan fingerprint density at radius 3 is 2.82 bits per heavy atom. The van der Waals surface area contributed by atoms with Gasteiger partial charge in [0.15, 0.2) is 5.96 Å². The number of rotatable bonds is 5. The summed E-state index contributed by atoms with van der Waals surface area (Å²) in [5.41, 5.74) is 7.82. The number of aliphatic imine (C=N–C) groups is 1. The first-order valence-electron chi connectivity index (χ1n) is 6.70. The number of hydrogen-bond acceptors (Lipinski definition) is 3. The molecule has 0 amide bonds. The van der Waals surface area contributed by atoms with E-state index in [1.807, 2.05) is 36.7 Å². The maximum atomic E-state index is 5.83. The number of aryl methyl sites for hydroxylation is 1. The minimum absolute atomic E-state index is 0. The van der Waals surface area contributed by atoms with Gasteiger partial charge >= 0.3 is 0 Å². The van der Waals surface area contributed by atoms with Gasteiger partial charge < -0.3 is 11.1 Å². The molecule has 0 saturated heterocycles. The maximum Gasteiger partial charge on any atom is 0.189 e. The molecule has 0 radical (unpaired) electrons. The van der Waals surface area contributed by atoms with Crippen LogP contribution in [0.1, 0.15) is 18.3 Å². The lowest BCUT2D eigenvalue weighted by Crippen LogP contribution is -2.32. The second kappa shape index (κ2) is 8.52. The number of nitrogens with two attached hydrogens (primary N) is 1. The summed E-state index contributed by atoms with van der Waals surface area (Å²) in [6, 6.07) is 3.87. The van der Waals surface area contributed by atoms with Crippen LogP contribution in [0, 0.1) is 6.92 Å². The lowest BCUT2D eigenvalue weighted by atomic mass is 10.2. The van der Waals surface area contributed by atoms with Gasteiger partial charge in [0, 0.05) is 30.7 Å². The molecule has 0 spiro atoms. The van der Waals surface area contributed by atoms with Crippen LogP contribution in [0.2, 0.25) is 0 Å². The predicted molar refractivity (Wildman–Crippen MR) is 99.7 cm³/mol. The van der Waals surface area contributed by atoms with E-state index in [0.29, 0.717) is 19.0 Å². The highest BCUT2D eigenvalue weighted by Gasteiger charge is 2.07. The van der Waals surface area contributed by atoms with Crippen molar-refractivity contribution in [3.63, 3.8) is 0 Å². The summed E-state index contributed by atoms with van der Waals surface area (Å²) in [6.07, 6.45) is 5.39. The number of nitrogens with zero attached hydrogens (tertiary/aromatic N) is 4. The molecule has 0 atom stereocenters. The van der Waals surface area contributed by atoms with Crippen molar-refractivity contribution in [3.8, 4) is 5.82 Å². The zero-order valence-corrected chi connectivity index (χ0v) is 15.1. The normalized spacial score (nSPS) is 10.9. The molecule has 0 saturated carbocycles. The topological polar surface area (TPSA) is 81.1 Å². The first-order valence-corrected chi connectivity index (χ1v) is 6.70. The van der Waals surface area contributed by atoms with E-state index in [0.717, 1.165) is 22.8 Å². The van der Waals surface area contributed by atoms with Crippen molar-refractivity contribution in [2.75, 3.05) is 6.54 Å². The number of pyridine rings is 1. The van der Waals surface area contributed by atoms with Crippen LogP contribution in [0.3, 0.4) is 0 Å². The first kappa shape index (κ1) is 18.1. The third kappa shape index (κ3) is 4.83. The molecule has 0 aliphatic carbocycles. The van der Waals surface area contributed by atoms with E-state index in [1.165, 1.54) is 0 Å². The van der Waals surface area contributed by atoms with Crippen molar-refractivity contribution >= 4 is 29.9 Å². The molecular weight excluding hydrogens is 391 g/mol. The number of hydrogen-bond donors (Lipinski definition) is 2. The molecule has 6 nitrogen and oxygen atoms in total.